The predicted molar refractivity (Wildman–Crippen MR) is 55.3 cm³/mol. The Bertz CT molecular complexity index is 404. The van der Waals surface area contributed by atoms with Gasteiger partial charge in [0.25, 0.3) is 0 Å². The fraction of sp³-hybridized carbons (Fsp3) is 0.500. The van der Waals surface area contributed by atoms with E-state index in [1.807, 2.05) is 0 Å². The molecule has 0 N–H and O–H groups in total. The van der Waals surface area contributed by atoms with E-state index in [0.29, 0.717) is 0 Å². The molecule has 0 atom stereocenters. The van der Waals surface area contributed by atoms with Crippen LogP contribution >= 0.6 is 0 Å². The summed E-state index contributed by atoms with van der Waals surface area (Å²) in [4.78, 5) is 0. The van der Waals surface area contributed by atoms with Gasteiger partial charge in [-0.15, -0.1) is 0 Å². The maximum atomic E-state index is 12.7. The summed E-state index contributed by atoms with van der Waals surface area (Å²) < 4.78 is 76.2. The molecule has 1 rings (SSSR count). The van der Waals surface area contributed by atoms with Crippen LogP contribution in [0.4, 0.5) is 26.3 Å². The zero-order valence-corrected chi connectivity index (χ0v) is 10.00. The van der Waals surface area contributed by atoms with Crippen LogP contribution in [0.25, 0.3) is 0 Å². The first-order chi connectivity index (χ1) is 7.94. The third-order valence-electron chi connectivity index (χ3n) is 2.71. The molecule has 0 aliphatic rings. The molecular formula is C12H12F6. The van der Waals surface area contributed by atoms with Crippen LogP contribution in [0.15, 0.2) is 12.1 Å². The third-order valence-corrected chi connectivity index (χ3v) is 2.71. The van der Waals surface area contributed by atoms with Crippen LogP contribution in [0.1, 0.15) is 42.0 Å². The lowest BCUT2D eigenvalue weighted by Crippen LogP contribution is -2.15. The summed E-state index contributed by atoms with van der Waals surface area (Å²) in [6.45, 7) is 3.94. The summed E-state index contributed by atoms with van der Waals surface area (Å²) in [7, 11) is 0. The molecule has 18 heavy (non-hydrogen) atoms. The molecule has 0 heterocycles. The fourth-order valence-electron chi connectivity index (χ4n) is 1.66. The second kappa shape index (κ2) is 4.48. The van der Waals surface area contributed by atoms with E-state index in [1.165, 1.54) is 0 Å². The molecule has 0 unspecified atom stereocenters. The van der Waals surface area contributed by atoms with Gasteiger partial charge in [0.05, 0.1) is 11.1 Å². The van der Waals surface area contributed by atoms with Gasteiger partial charge in [-0.25, -0.2) is 0 Å². The van der Waals surface area contributed by atoms with Crippen molar-refractivity contribution in [1.82, 2.24) is 0 Å². The SMILES string of the molecule is Cc1c(C(F)(F)F)cc(C(C)C)cc1C(F)(F)F. The van der Waals surface area contributed by atoms with Gasteiger partial charge in [-0.1, -0.05) is 13.8 Å². The molecule has 0 aromatic heterocycles. The first kappa shape index (κ1) is 14.9. The van der Waals surface area contributed by atoms with Gasteiger partial charge in [0.2, 0.25) is 0 Å². The smallest absolute Gasteiger partial charge is 0.166 e. The number of hydrogen-bond donors (Lipinski definition) is 0. The Balaban J connectivity index is 3.59. The lowest BCUT2D eigenvalue weighted by atomic mass is 9.93. The molecule has 102 valence electrons. The largest absolute Gasteiger partial charge is 0.416 e. The zero-order valence-electron chi connectivity index (χ0n) is 10.00. The average molecular weight is 270 g/mol. The van der Waals surface area contributed by atoms with Gasteiger partial charge in [0.15, 0.2) is 0 Å². The standard InChI is InChI=1S/C12H12F6/c1-6(2)8-4-9(11(13,14)15)7(3)10(5-8)12(16,17)18/h4-6H,1-3H3. The molecule has 0 nitrogen and oxygen atoms in total. The van der Waals surface area contributed by atoms with Crippen molar-refractivity contribution in [3.05, 3.63) is 34.4 Å². The van der Waals surface area contributed by atoms with E-state index < -0.39 is 35.0 Å². The van der Waals surface area contributed by atoms with Crippen LogP contribution in [0.5, 0.6) is 0 Å². The number of halogens is 6. The van der Waals surface area contributed by atoms with E-state index in [4.69, 9.17) is 0 Å². The summed E-state index contributed by atoms with van der Waals surface area (Å²) in [5.74, 6) is -0.409. The first-order valence-corrected chi connectivity index (χ1v) is 5.23. The summed E-state index contributed by atoms with van der Waals surface area (Å²) >= 11 is 0. The minimum atomic E-state index is -4.78. The third kappa shape index (κ3) is 2.97. The number of rotatable bonds is 1. The van der Waals surface area contributed by atoms with E-state index in [0.717, 1.165) is 19.1 Å². The second-order valence-electron chi connectivity index (χ2n) is 4.39. The monoisotopic (exact) mass is 270 g/mol. The zero-order chi connectivity index (χ0) is 14.3. The fourth-order valence-corrected chi connectivity index (χ4v) is 1.66. The average Bonchev–Trinajstić information content (AvgIpc) is 2.13. The Hall–Kier alpha value is -1.20. The van der Waals surface area contributed by atoms with Crippen LogP contribution in [0.2, 0.25) is 0 Å². The predicted octanol–water partition coefficient (Wildman–Crippen LogP) is 5.16. The highest BCUT2D eigenvalue weighted by Crippen LogP contribution is 2.40. The number of benzene rings is 1. The van der Waals surface area contributed by atoms with E-state index in [1.54, 1.807) is 13.8 Å². The molecule has 0 spiro atoms. The molecule has 1 aromatic rings. The van der Waals surface area contributed by atoms with Crippen molar-refractivity contribution in [3.8, 4) is 0 Å². The normalized spacial score (nSPS) is 13.2. The van der Waals surface area contributed by atoms with Crippen molar-refractivity contribution < 1.29 is 26.3 Å². The molecule has 0 aliphatic heterocycles. The minimum absolute atomic E-state index is 0.0280. The van der Waals surface area contributed by atoms with Crippen LogP contribution in [-0.2, 0) is 12.4 Å². The molecular weight excluding hydrogens is 258 g/mol. The lowest BCUT2D eigenvalue weighted by molar-refractivity contribution is -0.144. The van der Waals surface area contributed by atoms with Crippen molar-refractivity contribution in [1.29, 1.82) is 0 Å². The highest BCUT2D eigenvalue weighted by molar-refractivity contribution is 5.42. The van der Waals surface area contributed by atoms with Crippen molar-refractivity contribution in [2.75, 3.05) is 0 Å². The number of hydrogen-bond acceptors (Lipinski definition) is 0. The van der Waals surface area contributed by atoms with Crippen LogP contribution in [0, 0.1) is 6.92 Å². The van der Waals surface area contributed by atoms with Gasteiger partial charge >= 0.3 is 12.4 Å². The Morgan fingerprint density at radius 3 is 1.39 bits per heavy atom. The molecule has 1 aromatic carbocycles. The molecule has 0 amide bonds. The molecule has 6 heteroatoms. The summed E-state index contributed by atoms with van der Waals surface area (Å²) in [6.07, 6.45) is -9.57. The van der Waals surface area contributed by atoms with Crippen LogP contribution in [0.3, 0.4) is 0 Å². The first-order valence-electron chi connectivity index (χ1n) is 5.23. The minimum Gasteiger partial charge on any atom is -0.166 e. The van der Waals surface area contributed by atoms with E-state index in [9.17, 15) is 26.3 Å². The van der Waals surface area contributed by atoms with Crippen molar-refractivity contribution in [3.63, 3.8) is 0 Å². The van der Waals surface area contributed by atoms with Gasteiger partial charge in [-0.05, 0) is 36.1 Å². The quantitative estimate of drug-likeness (QED) is 0.618. The summed E-state index contributed by atoms with van der Waals surface area (Å²) in [5, 5.41) is 0. The van der Waals surface area contributed by atoms with Gasteiger partial charge < -0.3 is 0 Å². The van der Waals surface area contributed by atoms with Crippen LogP contribution in [-0.4, -0.2) is 0 Å². The van der Waals surface area contributed by atoms with Crippen molar-refractivity contribution >= 4 is 0 Å². The Morgan fingerprint density at radius 2 is 1.17 bits per heavy atom. The maximum absolute atomic E-state index is 12.7. The maximum Gasteiger partial charge on any atom is 0.416 e. The Kier molecular flexibility index (Phi) is 3.70. The summed E-state index contributed by atoms with van der Waals surface area (Å²) in [6, 6.07) is 1.57. The highest BCUT2D eigenvalue weighted by Gasteiger charge is 2.39. The van der Waals surface area contributed by atoms with Crippen molar-refractivity contribution in [2.24, 2.45) is 0 Å². The van der Waals surface area contributed by atoms with E-state index >= 15 is 0 Å². The van der Waals surface area contributed by atoms with Gasteiger partial charge in [0.1, 0.15) is 0 Å². The van der Waals surface area contributed by atoms with Crippen LogP contribution < -0.4 is 0 Å². The van der Waals surface area contributed by atoms with E-state index in [2.05, 4.69) is 0 Å². The molecule has 0 bridgehead atoms. The highest BCUT2D eigenvalue weighted by atomic mass is 19.4. The number of alkyl halides is 6. The second-order valence-corrected chi connectivity index (χ2v) is 4.39. The van der Waals surface area contributed by atoms with Gasteiger partial charge in [-0.2, -0.15) is 26.3 Å². The van der Waals surface area contributed by atoms with Crippen molar-refractivity contribution in [2.45, 2.75) is 39.0 Å². The van der Waals surface area contributed by atoms with Gasteiger partial charge in [0, 0.05) is 0 Å². The van der Waals surface area contributed by atoms with Gasteiger partial charge in [-0.3, -0.25) is 0 Å². The molecule has 0 fully saturated rings. The Morgan fingerprint density at radius 1 is 0.833 bits per heavy atom. The molecule has 0 aliphatic carbocycles. The molecule has 0 saturated heterocycles. The lowest BCUT2D eigenvalue weighted by Gasteiger charge is -2.19. The molecule has 0 saturated carbocycles. The molecule has 0 radical (unpaired) electrons. The Labute approximate surface area is 101 Å². The van der Waals surface area contributed by atoms with E-state index in [-0.39, 0.29) is 5.56 Å². The topological polar surface area (TPSA) is 0 Å². The summed E-state index contributed by atoms with van der Waals surface area (Å²) in [5.41, 5.74) is -3.19.